The van der Waals surface area contributed by atoms with Crippen LogP contribution in [0.15, 0.2) is 48.5 Å². The molecular weight excluding hydrogens is 342 g/mol. The fourth-order valence-corrected chi connectivity index (χ4v) is 4.11. The Kier molecular flexibility index (Phi) is 4.44. The maximum absolute atomic E-state index is 6.40. The second-order valence-electron chi connectivity index (χ2n) is 6.56. The van der Waals surface area contributed by atoms with Crippen LogP contribution in [0.3, 0.4) is 0 Å². The largest absolute Gasteiger partial charge is 0.375 e. The van der Waals surface area contributed by atoms with Crippen molar-refractivity contribution in [3.05, 3.63) is 65.5 Å². The Labute approximate surface area is 156 Å². The molecule has 0 aliphatic carbocycles. The maximum atomic E-state index is 6.40. The first-order valence-corrected chi connectivity index (χ1v) is 9.41. The monoisotopic (exact) mass is 363 g/mol. The molecule has 2 heterocycles. The molecular formula is C20H21N5S. The molecule has 0 spiro atoms. The molecule has 132 valence electrons. The highest BCUT2D eigenvalue weighted by Crippen LogP contribution is 2.34. The minimum absolute atomic E-state index is 0.00274. The van der Waals surface area contributed by atoms with Crippen LogP contribution in [0.1, 0.15) is 17.0 Å². The second kappa shape index (κ2) is 6.90. The summed E-state index contributed by atoms with van der Waals surface area (Å²) in [5, 5.41) is 9.02. The zero-order valence-electron chi connectivity index (χ0n) is 14.6. The number of rotatable bonds is 5. The molecule has 0 aliphatic heterocycles. The van der Waals surface area contributed by atoms with Crippen molar-refractivity contribution in [3.63, 3.8) is 0 Å². The maximum Gasteiger partial charge on any atom is 0.180 e. The van der Waals surface area contributed by atoms with Gasteiger partial charge in [0.2, 0.25) is 0 Å². The van der Waals surface area contributed by atoms with Gasteiger partial charge in [-0.05, 0) is 36.6 Å². The van der Waals surface area contributed by atoms with Gasteiger partial charge in [0.1, 0.15) is 0 Å². The topological polar surface area (TPSA) is 93.6 Å². The van der Waals surface area contributed by atoms with Gasteiger partial charge in [0.15, 0.2) is 5.13 Å². The van der Waals surface area contributed by atoms with E-state index in [2.05, 4.69) is 39.4 Å². The third-order valence-electron chi connectivity index (χ3n) is 4.52. The number of benzene rings is 2. The van der Waals surface area contributed by atoms with E-state index in [1.54, 1.807) is 0 Å². The molecule has 2 aromatic carbocycles. The van der Waals surface area contributed by atoms with Crippen molar-refractivity contribution in [1.29, 1.82) is 0 Å². The van der Waals surface area contributed by atoms with Crippen LogP contribution >= 0.6 is 11.3 Å². The first-order chi connectivity index (χ1) is 12.6. The van der Waals surface area contributed by atoms with Gasteiger partial charge >= 0.3 is 0 Å². The fraction of sp³-hybridized carbons (Fsp3) is 0.200. The number of fused-ring (bicyclic) bond motifs is 1. The Morgan fingerprint density at radius 3 is 2.73 bits per heavy atom. The average molecular weight is 363 g/mol. The van der Waals surface area contributed by atoms with Gasteiger partial charge in [0.05, 0.1) is 16.1 Å². The van der Waals surface area contributed by atoms with E-state index in [-0.39, 0.29) is 6.04 Å². The van der Waals surface area contributed by atoms with Crippen molar-refractivity contribution in [1.82, 2.24) is 15.2 Å². The zero-order valence-corrected chi connectivity index (χ0v) is 15.4. The van der Waals surface area contributed by atoms with E-state index < -0.39 is 0 Å². The van der Waals surface area contributed by atoms with E-state index in [1.165, 1.54) is 16.9 Å². The highest BCUT2D eigenvalue weighted by atomic mass is 32.1. The number of H-pyrrole nitrogens is 1. The van der Waals surface area contributed by atoms with Crippen molar-refractivity contribution in [2.45, 2.75) is 25.8 Å². The van der Waals surface area contributed by atoms with Crippen molar-refractivity contribution < 1.29 is 0 Å². The highest BCUT2D eigenvalue weighted by molar-refractivity contribution is 7.18. The Morgan fingerprint density at radius 1 is 1.12 bits per heavy atom. The van der Waals surface area contributed by atoms with Gasteiger partial charge in [-0.2, -0.15) is 5.10 Å². The van der Waals surface area contributed by atoms with Gasteiger partial charge < -0.3 is 11.5 Å². The van der Waals surface area contributed by atoms with E-state index >= 15 is 0 Å². The third kappa shape index (κ3) is 3.34. The molecule has 0 radical (unpaired) electrons. The Balaban J connectivity index is 1.62. The van der Waals surface area contributed by atoms with Crippen LogP contribution in [0.5, 0.6) is 0 Å². The number of aromatic nitrogens is 3. The number of anilines is 1. The first kappa shape index (κ1) is 16.8. The van der Waals surface area contributed by atoms with Gasteiger partial charge in [-0.1, -0.05) is 47.7 Å². The van der Waals surface area contributed by atoms with E-state index in [0.29, 0.717) is 11.6 Å². The molecule has 0 amide bonds. The number of nitrogens with two attached hydrogens (primary N) is 2. The SMILES string of the molecule is Cc1[nH]nc2ccc(-c3sc(N)nc3C[C@@H](N)Cc3ccccc3)cc12. The Morgan fingerprint density at radius 2 is 1.92 bits per heavy atom. The van der Waals surface area contributed by atoms with Crippen LogP contribution in [-0.2, 0) is 12.8 Å². The Hall–Kier alpha value is -2.70. The minimum atomic E-state index is -0.00274. The van der Waals surface area contributed by atoms with E-state index in [9.17, 15) is 0 Å². The molecule has 1 atom stereocenters. The van der Waals surface area contributed by atoms with Crippen molar-refractivity contribution in [2.75, 3.05) is 5.73 Å². The molecule has 2 aromatic heterocycles. The molecule has 0 aliphatic rings. The number of aryl methyl sites for hydroxylation is 1. The smallest absolute Gasteiger partial charge is 0.180 e. The summed E-state index contributed by atoms with van der Waals surface area (Å²) < 4.78 is 0. The summed E-state index contributed by atoms with van der Waals surface area (Å²) in [6.45, 7) is 2.02. The van der Waals surface area contributed by atoms with Gasteiger partial charge in [-0.15, -0.1) is 0 Å². The normalized spacial score (nSPS) is 12.5. The molecule has 0 fully saturated rings. The van der Waals surface area contributed by atoms with Crippen molar-refractivity contribution in [2.24, 2.45) is 5.73 Å². The quantitative estimate of drug-likeness (QED) is 0.504. The summed E-state index contributed by atoms with van der Waals surface area (Å²) >= 11 is 1.51. The first-order valence-electron chi connectivity index (χ1n) is 8.60. The van der Waals surface area contributed by atoms with Crippen molar-refractivity contribution >= 4 is 27.4 Å². The lowest BCUT2D eigenvalue weighted by atomic mass is 10.0. The summed E-state index contributed by atoms with van der Waals surface area (Å²) in [5.74, 6) is 0. The second-order valence-corrected chi connectivity index (χ2v) is 7.59. The summed E-state index contributed by atoms with van der Waals surface area (Å²) in [5.41, 5.74) is 17.8. The number of nitrogen functional groups attached to an aromatic ring is 1. The summed E-state index contributed by atoms with van der Waals surface area (Å²) in [6, 6.07) is 16.5. The summed E-state index contributed by atoms with van der Waals surface area (Å²) in [7, 11) is 0. The van der Waals surface area contributed by atoms with Gasteiger partial charge in [0.25, 0.3) is 0 Å². The van der Waals surface area contributed by atoms with Gasteiger partial charge in [0, 0.05) is 23.5 Å². The fourth-order valence-electron chi connectivity index (χ4n) is 3.25. The van der Waals surface area contributed by atoms with Crippen LogP contribution in [0.4, 0.5) is 5.13 Å². The van der Waals surface area contributed by atoms with E-state index in [1.807, 2.05) is 31.2 Å². The summed E-state index contributed by atoms with van der Waals surface area (Å²) in [6.07, 6.45) is 1.51. The predicted molar refractivity (Wildman–Crippen MR) is 108 cm³/mol. The number of hydrogen-bond acceptors (Lipinski definition) is 5. The molecule has 26 heavy (non-hydrogen) atoms. The standard InChI is InChI=1S/C20H21N5S/c1-12-16-10-14(7-8-17(16)25-24-12)19-18(23-20(22)26-19)11-15(21)9-13-5-3-2-4-6-13/h2-8,10,15H,9,11,21H2,1H3,(H2,22,23)(H,24,25)/t15-/m0/s1. The van der Waals surface area contributed by atoms with Crippen LogP contribution in [-0.4, -0.2) is 21.2 Å². The molecule has 6 heteroatoms. The van der Waals surface area contributed by atoms with E-state index in [0.717, 1.165) is 39.2 Å². The highest BCUT2D eigenvalue weighted by Gasteiger charge is 2.16. The number of aromatic amines is 1. The molecule has 0 saturated heterocycles. The third-order valence-corrected chi connectivity index (χ3v) is 5.49. The lowest BCUT2D eigenvalue weighted by Crippen LogP contribution is -2.25. The molecule has 5 nitrogen and oxygen atoms in total. The van der Waals surface area contributed by atoms with Gasteiger partial charge in [-0.25, -0.2) is 4.98 Å². The molecule has 0 saturated carbocycles. The number of thiazole rings is 1. The summed E-state index contributed by atoms with van der Waals surface area (Å²) in [4.78, 5) is 5.64. The lowest BCUT2D eigenvalue weighted by Gasteiger charge is -2.11. The van der Waals surface area contributed by atoms with Crippen molar-refractivity contribution in [3.8, 4) is 10.4 Å². The number of nitrogens with zero attached hydrogens (tertiary/aromatic N) is 2. The molecule has 0 bridgehead atoms. The van der Waals surface area contributed by atoms with E-state index in [4.69, 9.17) is 11.5 Å². The number of hydrogen-bond donors (Lipinski definition) is 3. The molecule has 4 rings (SSSR count). The molecule has 0 unspecified atom stereocenters. The lowest BCUT2D eigenvalue weighted by molar-refractivity contribution is 0.657. The molecule has 5 N–H and O–H groups in total. The predicted octanol–water partition coefficient (Wildman–Crippen LogP) is 3.69. The van der Waals surface area contributed by atoms with Crippen LogP contribution in [0.2, 0.25) is 0 Å². The average Bonchev–Trinajstić information content (AvgIpc) is 3.18. The molecule has 4 aromatic rings. The number of nitrogens with one attached hydrogen (secondary N) is 1. The zero-order chi connectivity index (χ0) is 18.1. The van der Waals surface area contributed by atoms with Crippen LogP contribution in [0, 0.1) is 6.92 Å². The Bertz CT molecular complexity index is 1030. The minimum Gasteiger partial charge on any atom is -0.375 e. The van der Waals surface area contributed by atoms with Crippen LogP contribution < -0.4 is 11.5 Å². The van der Waals surface area contributed by atoms with Crippen LogP contribution in [0.25, 0.3) is 21.3 Å². The van der Waals surface area contributed by atoms with Gasteiger partial charge in [-0.3, -0.25) is 5.10 Å².